The summed E-state index contributed by atoms with van der Waals surface area (Å²) in [5, 5.41) is 8.89. The molecular formula is C18H37NO2. The molecule has 0 aliphatic heterocycles. The van der Waals surface area contributed by atoms with Gasteiger partial charge in [0.25, 0.3) is 0 Å². The number of nitrogens with zero attached hydrogens (tertiary/aromatic N) is 1. The minimum absolute atomic E-state index is 0.161. The zero-order valence-electron chi connectivity index (χ0n) is 14.6. The topological polar surface area (TPSA) is 40.5 Å². The molecule has 0 spiro atoms. The summed E-state index contributed by atoms with van der Waals surface area (Å²) < 4.78 is 0. The van der Waals surface area contributed by atoms with Crippen LogP contribution < -0.4 is 0 Å². The summed E-state index contributed by atoms with van der Waals surface area (Å²) in [6.45, 7) is 7.19. The molecule has 0 aromatic heterocycles. The van der Waals surface area contributed by atoms with Gasteiger partial charge in [-0.25, -0.2) is 0 Å². The van der Waals surface area contributed by atoms with Crippen molar-refractivity contribution in [1.29, 1.82) is 0 Å². The molecule has 0 aromatic carbocycles. The van der Waals surface area contributed by atoms with Crippen molar-refractivity contribution < 1.29 is 9.90 Å². The monoisotopic (exact) mass is 299 g/mol. The van der Waals surface area contributed by atoms with Crippen LogP contribution in [0.25, 0.3) is 0 Å². The van der Waals surface area contributed by atoms with Crippen molar-refractivity contribution in [3.63, 3.8) is 0 Å². The van der Waals surface area contributed by atoms with Crippen molar-refractivity contribution in [2.75, 3.05) is 13.2 Å². The Bertz CT molecular complexity index is 241. The van der Waals surface area contributed by atoms with E-state index in [0.29, 0.717) is 19.4 Å². The Kier molecular flexibility index (Phi) is 14.0. The van der Waals surface area contributed by atoms with Gasteiger partial charge in [-0.1, -0.05) is 58.3 Å². The Labute approximate surface area is 132 Å². The molecule has 0 fully saturated rings. The first-order valence-corrected chi connectivity index (χ1v) is 9.03. The van der Waals surface area contributed by atoms with Crippen LogP contribution in [0.3, 0.4) is 0 Å². The lowest BCUT2D eigenvalue weighted by atomic mass is 10.1. The molecule has 0 aromatic rings. The van der Waals surface area contributed by atoms with Gasteiger partial charge in [-0.2, -0.15) is 0 Å². The molecule has 0 bridgehead atoms. The van der Waals surface area contributed by atoms with Crippen LogP contribution >= 0.6 is 0 Å². The minimum atomic E-state index is 0.161. The number of rotatable bonds is 14. The molecule has 0 unspecified atom stereocenters. The third-order valence-corrected chi connectivity index (χ3v) is 4.00. The summed E-state index contributed by atoms with van der Waals surface area (Å²) in [7, 11) is 0. The molecule has 0 heterocycles. The molecule has 1 amide bonds. The first-order valence-electron chi connectivity index (χ1n) is 9.03. The van der Waals surface area contributed by atoms with Crippen LogP contribution in [0.1, 0.15) is 91.4 Å². The van der Waals surface area contributed by atoms with Gasteiger partial charge in [0, 0.05) is 25.6 Å². The van der Waals surface area contributed by atoms with E-state index in [-0.39, 0.29) is 18.6 Å². The number of hydrogen-bond acceptors (Lipinski definition) is 2. The second-order valence-electron chi connectivity index (χ2n) is 6.34. The number of aliphatic hydroxyl groups excluding tert-OH is 1. The van der Waals surface area contributed by atoms with Gasteiger partial charge in [0.05, 0.1) is 0 Å². The van der Waals surface area contributed by atoms with Crippen LogP contribution in [0.4, 0.5) is 0 Å². The highest BCUT2D eigenvalue weighted by Crippen LogP contribution is 2.12. The van der Waals surface area contributed by atoms with Crippen molar-refractivity contribution in [3.8, 4) is 0 Å². The number of aliphatic hydroxyl groups is 1. The fourth-order valence-corrected chi connectivity index (χ4v) is 2.64. The Morgan fingerprint density at radius 2 is 1.43 bits per heavy atom. The first-order chi connectivity index (χ1) is 10.1. The van der Waals surface area contributed by atoms with E-state index in [1.165, 1.54) is 51.4 Å². The smallest absolute Gasteiger partial charge is 0.222 e. The molecule has 0 saturated carbocycles. The van der Waals surface area contributed by atoms with Crippen LogP contribution in [-0.4, -0.2) is 35.1 Å². The van der Waals surface area contributed by atoms with E-state index in [1.807, 2.05) is 18.7 Å². The molecule has 0 atom stereocenters. The van der Waals surface area contributed by atoms with Gasteiger partial charge in [0.2, 0.25) is 5.91 Å². The lowest BCUT2D eigenvalue weighted by Crippen LogP contribution is -2.37. The second kappa shape index (κ2) is 14.4. The standard InChI is InChI=1S/C18H37NO2/c1-4-5-6-7-8-9-10-11-12-14-18(21)19(17(2)3)15-13-16-20/h17,20H,4-16H2,1-3H3. The quantitative estimate of drug-likeness (QED) is 0.479. The highest BCUT2D eigenvalue weighted by atomic mass is 16.3. The van der Waals surface area contributed by atoms with Gasteiger partial charge < -0.3 is 10.0 Å². The zero-order chi connectivity index (χ0) is 15.9. The van der Waals surface area contributed by atoms with Crippen molar-refractivity contribution in [2.45, 2.75) is 97.4 Å². The molecule has 0 radical (unpaired) electrons. The summed E-state index contributed by atoms with van der Waals surface area (Å²) in [6, 6.07) is 0.239. The number of hydrogen-bond donors (Lipinski definition) is 1. The third-order valence-electron chi connectivity index (χ3n) is 4.00. The number of carbonyl (C=O) groups is 1. The van der Waals surface area contributed by atoms with Crippen molar-refractivity contribution in [1.82, 2.24) is 4.90 Å². The van der Waals surface area contributed by atoms with E-state index in [1.54, 1.807) is 0 Å². The van der Waals surface area contributed by atoms with Crippen molar-refractivity contribution >= 4 is 5.91 Å². The summed E-state index contributed by atoms with van der Waals surface area (Å²) in [5.41, 5.74) is 0. The summed E-state index contributed by atoms with van der Waals surface area (Å²) in [5.74, 6) is 0.251. The van der Waals surface area contributed by atoms with E-state index in [2.05, 4.69) is 6.92 Å². The molecule has 126 valence electrons. The second-order valence-corrected chi connectivity index (χ2v) is 6.34. The summed E-state index contributed by atoms with van der Waals surface area (Å²) in [4.78, 5) is 14.0. The largest absolute Gasteiger partial charge is 0.396 e. The average molecular weight is 299 g/mol. The summed E-state index contributed by atoms with van der Waals surface area (Å²) in [6.07, 6.45) is 12.9. The van der Waals surface area contributed by atoms with Crippen LogP contribution in [0.5, 0.6) is 0 Å². The van der Waals surface area contributed by atoms with Gasteiger partial charge in [-0.05, 0) is 26.7 Å². The highest BCUT2D eigenvalue weighted by Gasteiger charge is 2.15. The lowest BCUT2D eigenvalue weighted by molar-refractivity contribution is -0.133. The van der Waals surface area contributed by atoms with Crippen molar-refractivity contribution in [3.05, 3.63) is 0 Å². The first kappa shape index (κ1) is 20.4. The molecule has 0 saturated heterocycles. The fraction of sp³-hybridized carbons (Fsp3) is 0.944. The zero-order valence-corrected chi connectivity index (χ0v) is 14.6. The van der Waals surface area contributed by atoms with E-state index in [0.717, 1.165) is 6.42 Å². The van der Waals surface area contributed by atoms with Crippen LogP contribution in [-0.2, 0) is 4.79 Å². The molecule has 21 heavy (non-hydrogen) atoms. The fourth-order valence-electron chi connectivity index (χ4n) is 2.64. The maximum atomic E-state index is 12.1. The summed E-state index contributed by atoms with van der Waals surface area (Å²) >= 11 is 0. The van der Waals surface area contributed by atoms with Gasteiger partial charge in [-0.3, -0.25) is 4.79 Å². The minimum Gasteiger partial charge on any atom is -0.396 e. The van der Waals surface area contributed by atoms with E-state index in [9.17, 15) is 4.79 Å². The van der Waals surface area contributed by atoms with Crippen LogP contribution in [0.2, 0.25) is 0 Å². The van der Waals surface area contributed by atoms with E-state index >= 15 is 0 Å². The SMILES string of the molecule is CCCCCCCCCCCC(=O)N(CCCO)C(C)C. The molecule has 3 nitrogen and oxygen atoms in total. The highest BCUT2D eigenvalue weighted by molar-refractivity contribution is 5.76. The Morgan fingerprint density at radius 3 is 1.90 bits per heavy atom. The van der Waals surface area contributed by atoms with Gasteiger partial charge >= 0.3 is 0 Å². The normalized spacial score (nSPS) is 11.1. The maximum Gasteiger partial charge on any atom is 0.222 e. The predicted molar refractivity (Wildman–Crippen MR) is 90.4 cm³/mol. The molecular weight excluding hydrogens is 262 g/mol. The molecule has 3 heteroatoms. The molecule has 1 N–H and O–H groups in total. The number of amides is 1. The number of unbranched alkanes of at least 4 members (excludes halogenated alkanes) is 8. The van der Waals surface area contributed by atoms with Crippen molar-refractivity contribution in [2.24, 2.45) is 0 Å². The Morgan fingerprint density at radius 1 is 0.905 bits per heavy atom. The third kappa shape index (κ3) is 11.7. The molecule has 0 aliphatic carbocycles. The molecule has 0 rings (SSSR count). The van der Waals surface area contributed by atoms with Gasteiger partial charge in [-0.15, -0.1) is 0 Å². The Balaban J connectivity index is 3.58. The van der Waals surface area contributed by atoms with E-state index < -0.39 is 0 Å². The predicted octanol–water partition coefficient (Wildman–Crippen LogP) is 4.53. The van der Waals surface area contributed by atoms with Gasteiger partial charge in [0.1, 0.15) is 0 Å². The Hall–Kier alpha value is -0.570. The van der Waals surface area contributed by atoms with Crippen LogP contribution in [0.15, 0.2) is 0 Å². The molecule has 0 aliphatic rings. The van der Waals surface area contributed by atoms with E-state index in [4.69, 9.17) is 5.11 Å². The number of carbonyl (C=O) groups excluding carboxylic acids is 1. The maximum absolute atomic E-state index is 12.1. The van der Waals surface area contributed by atoms with Gasteiger partial charge in [0.15, 0.2) is 0 Å². The lowest BCUT2D eigenvalue weighted by Gasteiger charge is -2.26. The average Bonchev–Trinajstić information content (AvgIpc) is 2.45. The van der Waals surface area contributed by atoms with Crippen LogP contribution in [0, 0.1) is 0 Å².